The van der Waals surface area contributed by atoms with Crippen molar-refractivity contribution in [3.05, 3.63) is 311 Å². The van der Waals surface area contributed by atoms with Crippen molar-refractivity contribution >= 4 is 46.1 Å². The summed E-state index contributed by atoms with van der Waals surface area (Å²) in [6.45, 7) is 19.5. The predicted octanol–water partition coefficient (Wildman–Crippen LogP) is 33.8. The summed E-state index contributed by atoms with van der Waals surface area (Å²) in [5.41, 5.74) is 30.8. The van der Waals surface area contributed by atoms with Gasteiger partial charge in [0.1, 0.15) is 0 Å². The van der Waals surface area contributed by atoms with Crippen LogP contribution >= 0.6 is 0 Å². The summed E-state index contributed by atoms with van der Waals surface area (Å²) in [6, 6.07) is 96.6. The first kappa shape index (κ1) is 94.2. The molecule has 2 fully saturated rings. The minimum absolute atomic E-state index is 0.149. The van der Waals surface area contributed by atoms with E-state index in [4.69, 9.17) is 18.9 Å². The van der Waals surface area contributed by atoms with E-state index in [1.165, 1.54) is 243 Å². The largest absolute Gasteiger partial charge is 0.478 e. The van der Waals surface area contributed by atoms with Crippen molar-refractivity contribution in [1.82, 2.24) is 0 Å². The molecule has 0 spiro atoms. The van der Waals surface area contributed by atoms with Crippen LogP contribution in [0.1, 0.15) is 288 Å². The highest BCUT2D eigenvalue weighted by Crippen LogP contribution is 2.59. The number of benzene rings is 12. The number of hydrogen-bond donors (Lipinski definition) is 2. The van der Waals surface area contributed by atoms with Crippen LogP contribution in [0.3, 0.4) is 0 Å². The molecule has 132 heavy (non-hydrogen) atoms. The minimum Gasteiger partial charge on any atom is -0.478 e. The average molecular weight is 1760 g/mol. The van der Waals surface area contributed by atoms with Crippen molar-refractivity contribution in [2.45, 2.75) is 258 Å². The van der Waals surface area contributed by atoms with E-state index in [0.717, 1.165) is 135 Å². The van der Waals surface area contributed by atoms with Gasteiger partial charge in [-0.25, -0.2) is 9.59 Å². The van der Waals surface area contributed by atoms with Gasteiger partial charge in [0.15, 0.2) is 0 Å². The maximum absolute atomic E-state index is 12.8. The van der Waals surface area contributed by atoms with Crippen LogP contribution in [0.25, 0.3) is 77.9 Å². The van der Waals surface area contributed by atoms with Gasteiger partial charge in [-0.05, 0) is 259 Å². The number of carbonyl (C=O) groups is 2. The van der Waals surface area contributed by atoms with Crippen LogP contribution in [-0.4, -0.2) is 61.8 Å². The van der Waals surface area contributed by atoms with Crippen LogP contribution in [0.2, 0.25) is 0 Å². The highest BCUT2D eigenvalue weighted by Gasteiger charge is 2.45. The number of hydrogen-bond acceptors (Lipinski definition) is 8. The Morgan fingerprint density at radius 1 is 0.280 bits per heavy atom. The monoisotopic (exact) mass is 1760 g/mol. The molecule has 0 bridgehead atoms. The third-order valence-corrected chi connectivity index (χ3v) is 29.8. The number of aromatic carboxylic acids is 2. The number of carboxylic acid groups (broad SMARTS) is 2. The number of unbranched alkanes of at least 4 members (excludes halogenated alkanes) is 20. The van der Waals surface area contributed by atoms with Gasteiger partial charge in [-0.2, -0.15) is 0 Å². The van der Waals surface area contributed by atoms with Crippen molar-refractivity contribution in [1.29, 1.82) is 0 Å². The Kier molecular flexibility index (Phi) is 31.9. The third-order valence-electron chi connectivity index (χ3n) is 29.8. The summed E-state index contributed by atoms with van der Waals surface area (Å²) >= 11 is 0. The third kappa shape index (κ3) is 21.6. The minimum atomic E-state index is -0.984. The molecular weight excluding hydrogens is 1620 g/mol. The molecule has 2 N–H and O–H groups in total. The molecule has 0 radical (unpaired) electrons. The zero-order valence-electron chi connectivity index (χ0n) is 79.5. The van der Waals surface area contributed by atoms with E-state index in [0.29, 0.717) is 13.2 Å². The van der Waals surface area contributed by atoms with Crippen molar-refractivity contribution < 1.29 is 38.7 Å². The molecule has 10 heteroatoms. The first-order valence-electron chi connectivity index (χ1n) is 50.5. The molecule has 2 aliphatic heterocycles. The van der Waals surface area contributed by atoms with Crippen molar-refractivity contribution in [2.75, 3.05) is 49.4 Å². The van der Waals surface area contributed by atoms with Gasteiger partial charge in [-0.15, -0.1) is 0 Å². The predicted molar refractivity (Wildman–Crippen MR) is 548 cm³/mol. The van der Waals surface area contributed by atoms with Crippen LogP contribution in [-0.2, 0) is 43.0 Å². The summed E-state index contributed by atoms with van der Waals surface area (Å²) in [6.07, 6.45) is 36.5. The molecule has 686 valence electrons. The van der Waals surface area contributed by atoms with Gasteiger partial charge in [0.2, 0.25) is 0 Å². The van der Waals surface area contributed by atoms with Gasteiger partial charge in [-0.1, -0.05) is 353 Å². The maximum atomic E-state index is 12.8. The van der Waals surface area contributed by atoms with Gasteiger partial charge in [0.25, 0.3) is 0 Å². The average Bonchev–Trinajstić information content (AvgIpc) is 1.56. The first-order chi connectivity index (χ1) is 64.7. The molecule has 2 saturated heterocycles. The molecular formula is C122H140N2O8. The molecule has 0 saturated carbocycles. The maximum Gasteiger partial charge on any atom is 0.335 e. The second-order valence-corrected chi connectivity index (χ2v) is 38.9. The Labute approximate surface area is 787 Å². The molecule has 12 aromatic rings. The molecule has 0 aromatic heterocycles. The standard InChI is InChI=1S/C122H140N2O8/c1-7-13-17-21-25-29-71-121(72-30-26-22-18-14-8-2)113-77-97(93-43-39-89(40-44-93)81-129-83-119(11-5)85-131-86-119)55-67-109(113)111-69-57-99(79-115(111)121)95-51-63-105(64-52-95)123(107-37-33-35-101(75-107)117(125)126)103-59-47-91(48-60-103)92-49-61-104(62-50-92)124(108-38-34-36-102(76-108)118(127)128)106-65-53-96(54-66-106)100-58-70-112-110-68-56-98(94-45-41-90(42-46-94)82-130-84-120(12-6)87-132-88-120)78-114(110)122(116(112)80-100,73-31-27-23-19-15-9-3)74-32-28-24-20-16-10-4/h33-70,75-80H,7-32,71-74,81-88H2,1-6H3,(H,125,126)(H,127,128). The quantitative estimate of drug-likeness (QED) is 0.0357. The molecule has 2 aliphatic carbocycles. The number of anilines is 6. The Hall–Kier alpha value is -11.0. The van der Waals surface area contributed by atoms with Crippen molar-refractivity contribution in [3.8, 4) is 77.9 Å². The smallest absolute Gasteiger partial charge is 0.335 e. The molecule has 16 rings (SSSR count). The van der Waals surface area contributed by atoms with E-state index in [2.05, 4.69) is 270 Å². The topological polar surface area (TPSA) is 118 Å². The van der Waals surface area contributed by atoms with Gasteiger partial charge >= 0.3 is 11.9 Å². The van der Waals surface area contributed by atoms with Crippen LogP contribution in [0.5, 0.6) is 0 Å². The summed E-state index contributed by atoms with van der Waals surface area (Å²) in [5, 5.41) is 20.9. The van der Waals surface area contributed by atoms with E-state index in [9.17, 15) is 19.8 Å². The summed E-state index contributed by atoms with van der Waals surface area (Å²) in [4.78, 5) is 29.9. The first-order valence-corrected chi connectivity index (χ1v) is 50.5. The van der Waals surface area contributed by atoms with Crippen LogP contribution in [0.4, 0.5) is 34.1 Å². The molecule has 10 nitrogen and oxygen atoms in total. The summed E-state index contributed by atoms with van der Waals surface area (Å²) < 4.78 is 23.8. The van der Waals surface area contributed by atoms with Gasteiger partial charge in [0, 0.05) is 55.8 Å². The number of fused-ring (bicyclic) bond motifs is 6. The molecule has 4 aliphatic rings. The lowest BCUT2D eigenvalue weighted by molar-refractivity contribution is -0.152. The van der Waals surface area contributed by atoms with E-state index in [-0.39, 0.29) is 32.8 Å². The SMILES string of the molecule is CCCCCCCCC1(CCCCCCCC)c2cc(-c3ccc(COCC4(CC)COC4)cc3)ccc2-c2ccc(-c3ccc(N(c4ccc(-c5ccc(N(c6ccc(-c7ccc8c(c7)C(CCCCCCCC)(CCCCCCCC)c7cc(-c9ccc(COCC%10(CC)COC%10)cc9)ccc7-8)cc6)c6cccc(C(=O)O)c6)cc5)cc4)c4cccc(C(=O)O)c4)cc3)cc21. The second-order valence-electron chi connectivity index (χ2n) is 38.9. The Morgan fingerprint density at radius 2 is 0.523 bits per heavy atom. The zero-order chi connectivity index (χ0) is 91.3. The normalized spacial score (nSPS) is 14.5. The second kappa shape index (κ2) is 44.7. The fourth-order valence-electron chi connectivity index (χ4n) is 21.4. The Morgan fingerprint density at radius 3 is 0.765 bits per heavy atom. The van der Waals surface area contributed by atoms with Gasteiger partial charge < -0.3 is 39.0 Å². The highest BCUT2D eigenvalue weighted by molar-refractivity contribution is 5.94. The van der Waals surface area contributed by atoms with E-state index >= 15 is 0 Å². The van der Waals surface area contributed by atoms with Gasteiger partial charge in [-0.3, -0.25) is 0 Å². The summed E-state index contributed by atoms with van der Waals surface area (Å²) in [7, 11) is 0. The fraction of sp³-hybridized carbons (Fsp3) is 0.393. The number of rotatable bonds is 51. The lowest BCUT2D eigenvalue weighted by Crippen LogP contribution is -2.45. The molecule has 0 amide bonds. The van der Waals surface area contributed by atoms with Crippen LogP contribution < -0.4 is 9.80 Å². The number of carboxylic acids is 2. The molecule has 0 unspecified atom stereocenters. The number of ether oxygens (including phenoxy) is 4. The molecule has 2 heterocycles. The Bertz CT molecular complexity index is 5380. The van der Waals surface area contributed by atoms with E-state index in [1.54, 1.807) is 24.3 Å². The highest BCUT2D eigenvalue weighted by atomic mass is 16.5. The molecule has 12 aromatic carbocycles. The van der Waals surface area contributed by atoms with Gasteiger partial charge in [0.05, 0.1) is 64.0 Å². The van der Waals surface area contributed by atoms with Crippen molar-refractivity contribution in [2.24, 2.45) is 10.8 Å². The van der Waals surface area contributed by atoms with Crippen molar-refractivity contribution in [3.63, 3.8) is 0 Å². The van der Waals surface area contributed by atoms with Crippen LogP contribution in [0.15, 0.2) is 267 Å². The van der Waals surface area contributed by atoms with E-state index < -0.39 is 11.9 Å². The lowest BCUT2D eigenvalue weighted by Gasteiger charge is -2.40. The fourth-order valence-corrected chi connectivity index (χ4v) is 21.4. The lowest BCUT2D eigenvalue weighted by atomic mass is 9.70. The number of nitrogens with zero attached hydrogens (tertiary/aromatic N) is 2. The zero-order valence-corrected chi connectivity index (χ0v) is 79.5. The van der Waals surface area contributed by atoms with Crippen LogP contribution in [0, 0.1) is 10.8 Å². The Balaban J connectivity index is 0.675. The van der Waals surface area contributed by atoms with E-state index in [1.807, 2.05) is 24.3 Å². The summed E-state index contributed by atoms with van der Waals surface area (Å²) in [5.74, 6) is -1.97. The molecule has 0 atom stereocenters.